The first-order chi connectivity index (χ1) is 11.8. The number of anilines is 1. The minimum Gasteiger partial charge on any atom is -0.486 e. The number of amides is 1. The lowest BCUT2D eigenvalue weighted by Crippen LogP contribution is -2.25. The molecule has 2 aromatic carbocycles. The number of hydrogen-bond donors (Lipinski definition) is 2. The third-order valence-electron chi connectivity index (χ3n) is 4.40. The van der Waals surface area contributed by atoms with Gasteiger partial charge in [0, 0.05) is 24.3 Å². The van der Waals surface area contributed by atoms with Gasteiger partial charge in [0.1, 0.15) is 13.2 Å². The molecule has 2 N–H and O–H groups in total. The van der Waals surface area contributed by atoms with Gasteiger partial charge in [0.25, 0.3) is 5.91 Å². The van der Waals surface area contributed by atoms with E-state index in [9.17, 15) is 4.79 Å². The van der Waals surface area contributed by atoms with Gasteiger partial charge in [-0.3, -0.25) is 4.79 Å². The molecule has 2 aromatic rings. The number of hydrogen-bond acceptors (Lipinski definition) is 4. The normalized spacial score (nSPS) is 15.2. The molecule has 24 heavy (non-hydrogen) atoms. The topological polar surface area (TPSA) is 59.6 Å². The average molecular weight is 324 g/mol. The smallest absolute Gasteiger partial charge is 0.251 e. The van der Waals surface area contributed by atoms with Gasteiger partial charge in [-0.1, -0.05) is 12.1 Å². The van der Waals surface area contributed by atoms with E-state index in [1.54, 1.807) is 0 Å². The zero-order valence-corrected chi connectivity index (χ0v) is 13.4. The fraction of sp³-hybridized carbons (Fsp3) is 0.316. The monoisotopic (exact) mass is 324 g/mol. The summed E-state index contributed by atoms with van der Waals surface area (Å²) in [5.74, 6) is 1.47. The fourth-order valence-electron chi connectivity index (χ4n) is 3.20. The zero-order valence-electron chi connectivity index (χ0n) is 13.4. The van der Waals surface area contributed by atoms with Gasteiger partial charge in [-0.2, -0.15) is 0 Å². The molecule has 0 fully saturated rings. The molecule has 0 unspecified atom stereocenters. The summed E-state index contributed by atoms with van der Waals surface area (Å²) in [5.41, 5.74) is 3.95. The van der Waals surface area contributed by atoms with Crippen LogP contribution in [0.3, 0.4) is 0 Å². The molecule has 0 saturated carbocycles. The number of nitrogens with one attached hydrogen (secondary N) is 2. The molecule has 0 radical (unpaired) electrons. The van der Waals surface area contributed by atoms with Crippen molar-refractivity contribution < 1.29 is 14.3 Å². The zero-order chi connectivity index (χ0) is 16.4. The van der Waals surface area contributed by atoms with Crippen molar-refractivity contribution in [1.29, 1.82) is 0 Å². The van der Waals surface area contributed by atoms with Gasteiger partial charge in [-0.05, 0) is 48.2 Å². The number of ether oxygens (including phenoxy) is 2. The first-order valence-corrected chi connectivity index (χ1v) is 8.34. The van der Waals surface area contributed by atoms with E-state index in [4.69, 9.17) is 9.47 Å². The molecule has 2 heterocycles. The lowest BCUT2D eigenvalue weighted by atomic mass is 9.97. The number of fused-ring (bicyclic) bond motifs is 2. The van der Waals surface area contributed by atoms with E-state index in [1.807, 2.05) is 36.4 Å². The average Bonchev–Trinajstić information content (AvgIpc) is 2.65. The Morgan fingerprint density at radius 2 is 2.00 bits per heavy atom. The highest BCUT2D eigenvalue weighted by atomic mass is 16.6. The Morgan fingerprint density at radius 3 is 2.92 bits per heavy atom. The minimum atomic E-state index is -0.0366. The Hall–Kier alpha value is -2.69. The number of carbonyl (C=O) groups is 1. The van der Waals surface area contributed by atoms with Crippen molar-refractivity contribution in [2.75, 3.05) is 25.1 Å². The van der Waals surface area contributed by atoms with Gasteiger partial charge in [0.05, 0.1) is 0 Å². The van der Waals surface area contributed by atoms with Crippen molar-refractivity contribution in [2.45, 2.75) is 19.4 Å². The Labute approximate surface area is 141 Å². The summed E-state index contributed by atoms with van der Waals surface area (Å²) in [6.07, 6.45) is 2.00. The molecule has 124 valence electrons. The SMILES string of the molecule is O=C(NCc1ccc2c(c1)OCCO2)c1cccc2c1CCCN2. The Bertz CT molecular complexity index is 773. The lowest BCUT2D eigenvalue weighted by molar-refractivity contribution is 0.0950. The van der Waals surface area contributed by atoms with E-state index >= 15 is 0 Å². The summed E-state index contributed by atoms with van der Waals surface area (Å²) in [4.78, 5) is 12.6. The van der Waals surface area contributed by atoms with Crippen LogP contribution in [0.4, 0.5) is 5.69 Å². The molecule has 5 heteroatoms. The second-order valence-corrected chi connectivity index (χ2v) is 6.02. The molecule has 0 aliphatic carbocycles. The predicted molar refractivity (Wildman–Crippen MR) is 91.9 cm³/mol. The molecular formula is C19H20N2O3. The van der Waals surface area contributed by atoms with Crippen molar-refractivity contribution in [3.05, 3.63) is 53.1 Å². The van der Waals surface area contributed by atoms with Crippen LogP contribution in [0, 0.1) is 0 Å². The molecule has 0 saturated heterocycles. The van der Waals surface area contributed by atoms with Crippen LogP contribution in [-0.2, 0) is 13.0 Å². The third kappa shape index (κ3) is 2.89. The molecule has 1 amide bonds. The maximum Gasteiger partial charge on any atom is 0.251 e. The number of carbonyl (C=O) groups excluding carboxylic acids is 1. The molecule has 0 bridgehead atoms. The van der Waals surface area contributed by atoms with Crippen molar-refractivity contribution >= 4 is 11.6 Å². The fourth-order valence-corrected chi connectivity index (χ4v) is 3.20. The van der Waals surface area contributed by atoms with Gasteiger partial charge in [0.15, 0.2) is 11.5 Å². The van der Waals surface area contributed by atoms with E-state index in [2.05, 4.69) is 10.6 Å². The Balaban J connectivity index is 1.47. The second-order valence-electron chi connectivity index (χ2n) is 6.02. The van der Waals surface area contributed by atoms with E-state index in [0.29, 0.717) is 19.8 Å². The molecule has 0 aromatic heterocycles. The van der Waals surface area contributed by atoms with Gasteiger partial charge < -0.3 is 20.1 Å². The Morgan fingerprint density at radius 1 is 1.12 bits per heavy atom. The minimum absolute atomic E-state index is 0.0366. The molecule has 4 rings (SSSR count). The van der Waals surface area contributed by atoms with E-state index in [1.165, 1.54) is 0 Å². The highest BCUT2D eigenvalue weighted by molar-refractivity contribution is 5.97. The largest absolute Gasteiger partial charge is 0.486 e. The van der Waals surface area contributed by atoms with Gasteiger partial charge in [-0.15, -0.1) is 0 Å². The summed E-state index contributed by atoms with van der Waals surface area (Å²) in [7, 11) is 0. The van der Waals surface area contributed by atoms with E-state index in [-0.39, 0.29) is 5.91 Å². The van der Waals surface area contributed by atoms with Crippen LogP contribution in [0.1, 0.15) is 27.9 Å². The van der Waals surface area contributed by atoms with Gasteiger partial charge in [-0.25, -0.2) is 0 Å². The highest BCUT2D eigenvalue weighted by Gasteiger charge is 2.17. The van der Waals surface area contributed by atoms with E-state index in [0.717, 1.165) is 53.3 Å². The maximum atomic E-state index is 12.6. The van der Waals surface area contributed by atoms with Crippen molar-refractivity contribution in [2.24, 2.45) is 0 Å². The molecule has 2 aliphatic rings. The van der Waals surface area contributed by atoms with Crippen LogP contribution in [-0.4, -0.2) is 25.7 Å². The van der Waals surface area contributed by atoms with Crippen LogP contribution in [0.25, 0.3) is 0 Å². The summed E-state index contributed by atoms with van der Waals surface area (Å²) in [6, 6.07) is 11.6. The maximum absolute atomic E-state index is 12.6. The molecular weight excluding hydrogens is 304 g/mol. The molecule has 0 spiro atoms. The highest BCUT2D eigenvalue weighted by Crippen LogP contribution is 2.31. The first-order valence-electron chi connectivity index (χ1n) is 8.34. The van der Waals surface area contributed by atoms with Crippen molar-refractivity contribution in [3.8, 4) is 11.5 Å². The molecule has 2 aliphatic heterocycles. The second kappa shape index (κ2) is 6.43. The number of benzene rings is 2. The third-order valence-corrected chi connectivity index (χ3v) is 4.40. The quantitative estimate of drug-likeness (QED) is 0.911. The summed E-state index contributed by atoms with van der Waals surface area (Å²) in [6.45, 7) is 2.57. The Kier molecular flexibility index (Phi) is 3.99. The van der Waals surface area contributed by atoms with Crippen LogP contribution in [0.2, 0.25) is 0 Å². The van der Waals surface area contributed by atoms with Crippen LogP contribution in [0.15, 0.2) is 36.4 Å². The van der Waals surface area contributed by atoms with Gasteiger partial charge in [0.2, 0.25) is 0 Å². The van der Waals surface area contributed by atoms with E-state index < -0.39 is 0 Å². The summed E-state index contributed by atoms with van der Waals surface area (Å²) < 4.78 is 11.1. The predicted octanol–water partition coefficient (Wildman–Crippen LogP) is 2.75. The molecule has 0 atom stereocenters. The number of rotatable bonds is 3. The standard InChI is InChI=1S/C19H20N2O3/c22-19(15-3-1-5-16-14(15)4-2-8-20-16)21-12-13-6-7-17-18(11-13)24-10-9-23-17/h1,3,5-7,11,20H,2,4,8-10,12H2,(H,21,22). The van der Waals surface area contributed by atoms with Crippen molar-refractivity contribution in [3.63, 3.8) is 0 Å². The lowest BCUT2D eigenvalue weighted by Gasteiger charge is -2.21. The first kappa shape index (κ1) is 14.9. The van der Waals surface area contributed by atoms with Crippen molar-refractivity contribution in [1.82, 2.24) is 5.32 Å². The van der Waals surface area contributed by atoms with Crippen LogP contribution in [0.5, 0.6) is 11.5 Å². The van der Waals surface area contributed by atoms with Crippen LogP contribution < -0.4 is 20.1 Å². The van der Waals surface area contributed by atoms with Crippen LogP contribution >= 0.6 is 0 Å². The summed E-state index contributed by atoms with van der Waals surface area (Å²) in [5, 5.41) is 6.36. The summed E-state index contributed by atoms with van der Waals surface area (Å²) >= 11 is 0. The molecule has 5 nitrogen and oxygen atoms in total. The van der Waals surface area contributed by atoms with Gasteiger partial charge >= 0.3 is 0 Å².